The van der Waals surface area contributed by atoms with Gasteiger partial charge in [-0.2, -0.15) is 4.98 Å². The number of hydrogen-bond donors (Lipinski definition) is 1. The molecule has 0 fully saturated rings. The highest BCUT2D eigenvalue weighted by Gasteiger charge is 2.33. The van der Waals surface area contributed by atoms with Crippen molar-refractivity contribution in [2.24, 2.45) is 7.05 Å². The third-order valence-electron chi connectivity index (χ3n) is 4.85. The Bertz CT molecular complexity index is 1150. The molecule has 1 aliphatic heterocycles. The SMILES string of the molecule is Cn1c(SCc2ccccc2)nc(=O)c2c1NC(=O)CC2c1cc(Br)ccc1F. The number of nitrogens with zero attached hydrogens (tertiary/aromatic N) is 2. The molecule has 0 bridgehead atoms. The van der Waals surface area contributed by atoms with Crippen LogP contribution in [-0.2, 0) is 17.6 Å². The lowest BCUT2D eigenvalue weighted by Crippen LogP contribution is -2.33. The Hall–Kier alpha value is -2.45. The van der Waals surface area contributed by atoms with Gasteiger partial charge in [-0.05, 0) is 29.3 Å². The molecular formula is C21H17BrFN3O2S. The maximum absolute atomic E-state index is 14.5. The van der Waals surface area contributed by atoms with Crippen LogP contribution in [-0.4, -0.2) is 15.5 Å². The van der Waals surface area contributed by atoms with Crippen LogP contribution in [0.1, 0.15) is 29.0 Å². The summed E-state index contributed by atoms with van der Waals surface area (Å²) < 4.78 is 16.9. The number of carbonyl (C=O) groups is 1. The summed E-state index contributed by atoms with van der Waals surface area (Å²) >= 11 is 4.75. The molecule has 2 heterocycles. The van der Waals surface area contributed by atoms with Crippen molar-refractivity contribution in [1.82, 2.24) is 9.55 Å². The summed E-state index contributed by atoms with van der Waals surface area (Å²) in [5.41, 5.74) is 1.27. The van der Waals surface area contributed by atoms with E-state index in [-0.39, 0.29) is 12.3 Å². The first-order chi connectivity index (χ1) is 13.9. The Morgan fingerprint density at radius 2 is 2.00 bits per heavy atom. The molecule has 2 aromatic carbocycles. The van der Waals surface area contributed by atoms with Gasteiger partial charge in [0.15, 0.2) is 5.16 Å². The number of aromatic nitrogens is 2. The number of carbonyl (C=O) groups excluding carboxylic acids is 1. The van der Waals surface area contributed by atoms with Crippen LogP contribution in [0.25, 0.3) is 0 Å². The van der Waals surface area contributed by atoms with Crippen LogP contribution < -0.4 is 10.9 Å². The molecule has 1 N–H and O–H groups in total. The van der Waals surface area contributed by atoms with Gasteiger partial charge < -0.3 is 9.88 Å². The molecule has 8 heteroatoms. The summed E-state index contributed by atoms with van der Waals surface area (Å²) in [6.07, 6.45) is -0.00615. The number of fused-ring (bicyclic) bond motifs is 1. The van der Waals surface area contributed by atoms with Crippen molar-refractivity contribution in [3.8, 4) is 0 Å². The average Bonchev–Trinajstić information content (AvgIpc) is 2.71. The highest BCUT2D eigenvalue weighted by molar-refractivity contribution is 9.10. The third-order valence-corrected chi connectivity index (χ3v) is 6.44. The minimum absolute atomic E-state index is 0.00615. The van der Waals surface area contributed by atoms with Crippen LogP contribution in [0.4, 0.5) is 10.2 Å². The third kappa shape index (κ3) is 4.00. The van der Waals surface area contributed by atoms with Gasteiger partial charge in [0.05, 0.1) is 5.56 Å². The van der Waals surface area contributed by atoms with Gasteiger partial charge in [0.2, 0.25) is 5.91 Å². The molecule has 1 unspecified atom stereocenters. The quantitative estimate of drug-likeness (QED) is 0.449. The minimum atomic E-state index is -0.685. The summed E-state index contributed by atoms with van der Waals surface area (Å²) in [5, 5.41) is 3.27. The van der Waals surface area contributed by atoms with Crippen LogP contribution in [0, 0.1) is 5.82 Å². The Balaban J connectivity index is 1.76. The van der Waals surface area contributed by atoms with Crippen molar-refractivity contribution in [3.63, 3.8) is 0 Å². The summed E-state index contributed by atoms with van der Waals surface area (Å²) in [5.74, 6) is -0.389. The lowest BCUT2D eigenvalue weighted by Gasteiger charge is -2.27. The van der Waals surface area contributed by atoms with E-state index >= 15 is 0 Å². The number of halogens is 2. The van der Waals surface area contributed by atoms with E-state index in [2.05, 4.69) is 26.2 Å². The van der Waals surface area contributed by atoms with Gasteiger partial charge in [0.25, 0.3) is 5.56 Å². The summed E-state index contributed by atoms with van der Waals surface area (Å²) in [6, 6.07) is 14.4. The summed E-state index contributed by atoms with van der Waals surface area (Å²) in [6.45, 7) is 0. The van der Waals surface area contributed by atoms with E-state index in [0.29, 0.717) is 32.3 Å². The van der Waals surface area contributed by atoms with Crippen LogP contribution in [0.2, 0.25) is 0 Å². The van der Waals surface area contributed by atoms with E-state index in [1.165, 1.54) is 17.8 Å². The highest BCUT2D eigenvalue weighted by atomic mass is 79.9. The molecule has 3 aromatic rings. The Labute approximate surface area is 179 Å². The first-order valence-corrected chi connectivity index (χ1v) is 10.7. The van der Waals surface area contributed by atoms with Crippen molar-refractivity contribution in [2.45, 2.75) is 23.2 Å². The fourth-order valence-electron chi connectivity index (χ4n) is 3.43. The van der Waals surface area contributed by atoms with Crippen LogP contribution in [0.3, 0.4) is 0 Å². The van der Waals surface area contributed by atoms with Gasteiger partial charge >= 0.3 is 0 Å². The molecule has 1 aliphatic rings. The van der Waals surface area contributed by atoms with E-state index < -0.39 is 17.3 Å². The van der Waals surface area contributed by atoms with E-state index in [9.17, 15) is 14.0 Å². The first-order valence-electron chi connectivity index (χ1n) is 8.96. The van der Waals surface area contributed by atoms with Crippen LogP contribution in [0.5, 0.6) is 0 Å². The van der Waals surface area contributed by atoms with E-state index in [1.807, 2.05) is 30.3 Å². The zero-order valence-electron chi connectivity index (χ0n) is 15.5. The van der Waals surface area contributed by atoms with Gasteiger partial charge in [-0.25, -0.2) is 4.39 Å². The minimum Gasteiger partial charge on any atom is -0.312 e. The topological polar surface area (TPSA) is 64.0 Å². The maximum atomic E-state index is 14.5. The van der Waals surface area contributed by atoms with Gasteiger partial charge in [0, 0.05) is 29.6 Å². The number of amides is 1. The Morgan fingerprint density at radius 1 is 1.24 bits per heavy atom. The monoisotopic (exact) mass is 473 g/mol. The molecule has 0 spiro atoms. The second kappa shape index (κ2) is 8.12. The normalized spacial score (nSPS) is 15.7. The molecule has 1 atom stereocenters. The van der Waals surface area contributed by atoms with E-state index in [1.54, 1.807) is 23.7 Å². The van der Waals surface area contributed by atoms with Crippen LogP contribution in [0.15, 0.2) is 63.0 Å². The van der Waals surface area contributed by atoms with Crippen molar-refractivity contribution in [3.05, 3.63) is 85.9 Å². The number of rotatable bonds is 4. The van der Waals surface area contributed by atoms with Crippen molar-refractivity contribution < 1.29 is 9.18 Å². The number of hydrogen-bond acceptors (Lipinski definition) is 4. The predicted octanol–water partition coefficient (Wildman–Crippen LogP) is 4.45. The average molecular weight is 474 g/mol. The molecule has 29 heavy (non-hydrogen) atoms. The molecule has 0 aliphatic carbocycles. The standard InChI is InChI=1S/C21H17BrFN3O2S/c1-26-19-18(20(28)25-21(26)29-11-12-5-3-2-4-6-12)15(10-17(27)24-19)14-9-13(22)7-8-16(14)23/h2-9,15H,10-11H2,1H3,(H,24,27). The van der Waals surface area contributed by atoms with Crippen molar-refractivity contribution in [2.75, 3.05) is 5.32 Å². The molecule has 1 aromatic heterocycles. The van der Waals surface area contributed by atoms with Gasteiger partial charge in [-0.1, -0.05) is 58.0 Å². The number of thioether (sulfide) groups is 1. The highest BCUT2D eigenvalue weighted by Crippen LogP contribution is 2.37. The van der Waals surface area contributed by atoms with Crippen molar-refractivity contribution >= 4 is 39.4 Å². The zero-order valence-corrected chi connectivity index (χ0v) is 17.9. The lowest BCUT2D eigenvalue weighted by atomic mass is 9.86. The summed E-state index contributed by atoms with van der Waals surface area (Å²) in [7, 11) is 1.75. The molecule has 0 radical (unpaired) electrons. The fraction of sp³-hybridized carbons (Fsp3) is 0.190. The molecule has 148 valence electrons. The van der Waals surface area contributed by atoms with Crippen molar-refractivity contribution in [1.29, 1.82) is 0 Å². The van der Waals surface area contributed by atoms with Gasteiger partial charge in [-0.3, -0.25) is 9.59 Å². The maximum Gasteiger partial charge on any atom is 0.279 e. The van der Waals surface area contributed by atoms with E-state index in [0.717, 1.165) is 5.56 Å². The van der Waals surface area contributed by atoms with E-state index in [4.69, 9.17) is 0 Å². The molecule has 4 rings (SSSR count). The fourth-order valence-corrected chi connectivity index (χ4v) is 4.73. The molecule has 5 nitrogen and oxygen atoms in total. The largest absolute Gasteiger partial charge is 0.312 e. The molecular weight excluding hydrogens is 457 g/mol. The smallest absolute Gasteiger partial charge is 0.279 e. The predicted molar refractivity (Wildman–Crippen MR) is 115 cm³/mol. The molecule has 0 saturated heterocycles. The number of nitrogens with one attached hydrogen (secondary N) is 1. The number of anilines is 1. The summed E-state index contributed by atoms with van der Waals surface area (Å²) in [4.78, 5) is 29.5. The molecule has 1 amide bonds. The van der Waals surface area contributed by atoms with Gasteiger partial charge in [0.1, 0.15) is 11.6 Å². The second-order valence-electron chi connectivity index (χ2n) is 6.77. The zero-order chi connectivity index (χ0) is 20.5. The van der Waals surface area contributed by atoms with Crippen LogP contribution >= 0.6 is 27.7 Å². The second-order valence-corrected chi connectivity index (χ2v) is 8.62. The van der Waals surface area contributed by atoms with Gasteiger partial charge in [-0.15, -0.1) is 0 Å². The first kappa shape index (κ1) is 19.8. The Morgan fingerprint density at radius 3 is 2.76 bits per heavy atom. The lowest BCUT2D eigenvalue weighted by molar-refractivity contribution is -0.116. The Kier molecular flexibility index (Phi) is 5.56. The molecule has 0 saturated carbocycles. The number of benzene rings is 2.